The normalized spacial score (nSPS) is 14.1. The summed E-state index contributed by atoms with van der Waals surface area (Å²) in [4.78, 5) is 16.2. The molecule has 0 saturated carbocycles. The Bertz CT molecular complexity index is 696. The molecule has 0 fully saturated rings. The molecule has 1 aliphatic heterocycles. The van der Waals surface area contributed by atoms with Crippen molar-refractivity contribution >= 4 is 33.2 Å². The Kier molecular flexibility index (Phi) is 4.54. The molecule has 2 aromatic rings. The topological polar surface area (TPSA) is 29.5 Å². The summed E-state index contributed by atoms with van der Waals surface area (Å²) in [6.07, 6.45) is 0.973. The number of amides is 1. The van der Waals surface area contributed by atoms with Crippen LogP contribution in [-0.2, 0) is 13.0 Å². The second kappa shape index (κ2) is 6.42. The van der Waals surface area contributed by atoms with Gasteiger partial charge in [0, 0.05) is 22.4 Å². The Labute approximate surface area is 143 Å². The van der Waals surface area contributed by atoms with Crippen LogP contribution in [0.4, 0.5) is 0 Å². The molecule has 2 heterocycles. The van der Waals surface area contributed by atoms with E-state index < -0.39 is 0 Å². The highest BCUT2D eigenvalue weighted by atomic mass is 79.9. The van der Waals surface area contributed by atoms with E-state index in [0.717, 1.165) is 17.4 Å². The SMILES string of the molecule is CC(C)Oc1cc(Br)ccc1C(=O)N1CCc2sccc2C1. The van der Waals surface area contributed by atoms with Crippen molar-refractivity contribution in [2.45, 2.75) is 32.9 Å². The van der Waals surface area contributed by atoms with Gasteiger partial charge in [0.25, 0.3) is 5.91 Å². The van der Waals surface area contributed by atoms with E-state index in [0.29, 0.717) is 17.9 Å². The van der Waals surface area contributed by atoms with Gasteiger partial charge in [-0.05, 0) is 55.5 Å². The number of carbonyl (C=O) groups excluding carboxylic acids is 1. The van der Waals surface area contributed by atoms with E-state index in [2.05, 4.69) is 27.4 Å². The highest BCUT2D eigenvalue weighted by molar-refractivity contribution is 9.10. The molecule has 0 unspecified atom stereocenters. The fourth-order valence-electron chi connectivity index (χ4n) is 2.62. The molecule has 0 bridgehead atoms. The van der Waals surface area contributed by atoms with Gasteiger partial charge in [-0.1, -0.05) is 15.9 Å². The number of fused-ring (bicyclic) bond motifs is 1. The van der Waals surface area contributed by atoms with Crippen molar-refractivity contribution in [3.63, 3.8) is 0 Å². The smallest absolute Gasteiger partial charge is 0.257 e. The molecule has 22 heavy (non-hydrogen) atoms. The lowest BCUT2D eigenvalue weighted by molar-refractivity contribution is 0.0729. The van der Waals surface area contributed by atoms with Crippen LogP contribution in [0.2, 0.25) is 0 Å². The van der Waals surface area contributed by atoms with Crippen LogP contribution in [0.1, 0.15) is 34.6 Å². The minimum atomic E-state index is 0.0330. The summed E-state index contributed by atoms with van der Waals surface area (Å²) in [5.41, 5.74) is 1.91. The summed E-state index contributed by atoms with van der Waals surface area (Å²) in [5, 5.41) is 2.10. The van der Waals surface area contributed by atoms with E-state index in [1.807, 2.05) is 36.9 Å². The first kappa shape index (κ1) is 15.6. The third kappa shape index (κ3) is 3.20. The van der Waals surface area contributed by atoms with Crippen LogP contribution >= 0.6 is 27.3 Å². The Morgan fingerprint density at radius 1 is 1.36 bits per heavy atom. The molecule has 1 aliphatic rings. The molecule has 0 spiro atoms. The van der Waals surface area contributed by atoms with Crippen molar-refractivity contribution in [3.8, 4) is 5.75 Å². The average Bonchev–Trinajstić information content (AvgIpc) is 2.93. The van der Waals surface area contributed by atoms with E-state index in [1.165, 1.54) is 10.4 Å². The molecular formula is C17H18BrNO2S. The first-order chi connectivity index (χ1) is 10.5. The zero-order chi connectivity index (χ0) is 15.7. The van der Waals surface area contributed by atoms with E-state index in [1.54, 1.807) is 11.3 Å². The highest BCUT2D eigenvalue weighted by Gasteiger charge is 2.25. The second-order valence-corrected chi connectivity index (χ2v) is 7.57. The van der Waals surface area contributed by atoms with Gasteiger partial charge in [0.15, 0.2) is 0 Å². The lowest BCUT2D eigenvalue weighted by Gasteiger charge is -2.28. The zero-order valence-corrected chi connectivity index (χ0v) is 15.0. The van der Waals surface area contributed by atoms with Crippen LogP contribution < -0.4 is 4.74 Å². The molecule has 0 N–H and O–H groups in total. The molecular weight excluding hydrogens is 362 g/mol. The van der Waals surface area contributed by atoms with Gasteiger partial charge >= 0.3 is 0 Å². The maximum Gasteiger partial charge on any atom is 0.257 e. The Hall–Kier alpha value is -1.33. The number of ether oxygens (including phenoxy) is 1. The maximum absolute atomic E-state index is 12.9. The van der Waals surface area contributed by atoms with Gasteiger partial charge in [0.05, 0.1) is 11.7 Å². The summed E-state index contributed by atoms with van der Waals surface area (Å²) < 4.78 is 6.73. The van der Waals surface area contributed by atoms with Gasteiger partial charge in [0.1, 0.15) is 5.75 Å². The summed E-state index contributed by atoms with van der Waals surface area (Å²) in [6.45, 7) is 5.39. The van der Waals surface area contributed by atoms with Crippen LogP contribution in [-0.4, -0.2) is 23.5 Å². The van der Waals surface area contributed by atoms with E-state index in [9.17, 15) is 4.79 Å². The molecule has 3 nitrogen and oxygen atoms in total. The average molecular weight is 380 g/mol. The first-order valence-electron chi connectivity index (χ1n) is 7.35. The Balaban J connectivity index is 1.86. The summed E-state index contributed by atoms with van der Waals surface area (Å²) in [5.74, 6) is 0.686. The standard InChI is InChI=1S/C17H18BrNO2S/c1-11(2)21-15-9-13(18)3-4-14(15)17(20)19-7-5-16-12(10-19)6-8-22-16/h3-4,6,8-9,11H,5,7,10H2,1-2H3. The van der Waals surface area contributed by atoms with Crippen LogP contribution in [0, 0.1) is 0 Å². The van der Waals surface area contributed by atoms with Crippen molar-refractivity contribution in [1.82, 2.24) is 4.90 Å². The van der Waals surface area contributed by atoms with Crippen LogP contribution in [0.5, 0.6) is 5.75 Å². The molecule has 3 rings (SSSR count). The molecule has 116 valence electrons. The molecule has 0 saturated heterocycles. The minimum Gasteiger partial charge on any atom is -0.490 e. The molecule has 0 aliphatic carbocycles. The monoisotopic (exact) mass is 379 g/mol. The van der Waals surface area contributed by atoms with E-state index >= 15 is 0 Å². The van der Waals surface area contributed by atoms with Crippen molar-refractivity contribution < 1.29 is 9.53 Å². The predicted octanol–water partition coefficient (Wildman–Crippen LogP) is 4.50. The largest absolute Gasteiger partial charge is 0.490 e. The third-order valence-corrected chi connectivity index (χ3v) is 5.15. The zero-order valence-electron chi connectivity index (χ0n) is 12.6. The molecule has 5 heteroatoms. The molecule has 1 amide bonds. The van der Waals surface area contributed by atoms with Gasteiger partial charge in [-0.25, -0.2) is 0 Å². The van der Waals surface area contributed by atoms with E-state index in [4.69, 9.17) is 4.74 Å². The van der Waals surface area contributed by atoms with Gasteiger partial charge in [-0.3, -0.25) is 4.79 Å². The van der Waals surface area contributed by atoms with Crippen LogP contribution in [0.15, 0.2) is 34.1 Å². The number of hydrogen-bond acceptors (Lipinski definition) is 3. The van der Waals surface area contributed by atoms with E-state index in [-0.39, 0.29) is 12.0 Å². The molecule has 1 aromatic heterocycles. The van der Waals surface area contributed by atoms with Crippen molar-refractivity contribution in [2.75, 3.05) is 6.54 Å². The lowest BCUT2D eigenvalue weighted by atomic mass is 10.1. The first-order valence-corrected chi connectivity index (χ1v) is 9.02. The maximum atomic E-state index is 12.9. The van der Waals surface area contributed by atoms with Gasteiger partial charge in [-0.2, -0.15) is 0 Å². The summed E-state index contributed by atoms with van der Waals surface area (Å²) in [7, 11) is 0. The van der Waals surface area contributed by atoms with Crippen molar-refractivity contribution in [2.24, 2.45) is 0 Å². The molecule has 0 radical (unpaired) electrons. The lowest BCUT2D eigenvalue weighted by Crippen LogP contribution is -2.35. The Morgan fingerprint density at radius 3 is 2.95 bits per heavy atom. The van der Waals surface area contributed by atoms with Gasteiger partial charge < -0.3 is 9.64 Å². The number of halogens is 1. The van der Waals surface area contributed by atoms with Gasteiger partial charge in [0.2, 0.25) is 0 Å². The quantitative estimate of drug-likeness (QED) is 0.785. The predicted molar refractivity (Wildman–Crippen MR) is 92.7 cm³/mol. The van der Waals surface area contributed by atoms with Crippen LogP contribution in [0.25, 0.3) is 0 Å². The number of rotatable bonds is 3. The fourth-order valence-corrected chi connectivity index (χ4v) is 3.85. The fraction of sp³-hybridized carbons (Fsp3) is 0.353. The number of carbonyl (C=O) groups is 1. The minimum absolute atomic E-state index is 0.0330. The summed E-state index contributed by atoms with van der Waals surface area (Å²) in [6, 6.07) is 7.72. The van der Waals surface area contributed by atoms with Crippen LogP contribution in [0.3, 0.4) is 0 Å². The molecule has 0 atom stereocenters. The number of thiophene rings is 1. The third-order valence-electron chi connectivity index (χ3n) is 3.63. The highest BCUT2D eigenvalue weighted by Crippen LogP contribution is 2.29. The van der Waals surface area contributed by atoms with Crippen molar-refractivity contribution in [3.05, 3.63) is 50.1 Å². The molecule has 1 aromatic carbocycles. The number of benzene rings is 1. The number of nitrogens with zero attached hydrogens (tertiary/aromatic N) is 1. The van der Waals surface area contributed by atoms with Gasteiger partial charge in [-0.15, -0.1) is 11.3 Å². The van der Waals surface area contributed by atoms with Crippen molar-refractivity contribution in [1.29, 1.82) is 0 Å². The Morgan fingerprint density at radius 2 is 2.18 bits per heavy atom. The summed E-state index contributed by atoms with van der Waals surface area (Å²) >= 11 is 5.22. The number of hydrogen-bond donors (Lipinski definition) is 0. The second-order valence-electron chi connectivity index (χ2n) is 5.65.